The highest BCUT2D eigenvalue weighted by molar-refractivity contribution is 6.33. The van der Waals surface area contributed by atoms with E-state index in [-0.39, 0.29) is 24.4 Å². The highest BCUT2D eigenvalue weighted by atomic mass is 35.5. The largest absolute Gasteiger partial charge is 0.370 e. The number of pyridine rings is 1. The molecule has 6 heteroatoms. The van der Waals surface area contributed by atoms with Crippen molar-refractivity contribution in [2.75, 3.05) is 6.54 Å². The number of carbonyl (C=O) groups excluding carboxylic acids is 2. The number of nitrogens with two attached hydrogens (primary N) is 1. The zero-order valence-corrected chi connectivity index (χ0v) is 8.62. The van der Waals surface area contributed by atoms with Gasteiger partial charge >= 0.3 is 0 Å². The topological polar surface area (TPSA) is 85.1 Å². The number of hydrogen-bond acceptors (Lipinski definition) is 3. The summed E-state index contributed by atoms with van der Waals surface area (Å²) >= 11 is 5.77. The van der Waals surface area contributed by atoms with Gasteiger partial charge in [-0.15, -0.1) is 0 Å². The van der Waals surface area contributed by atoms with Gasteiger partial charge in [0.05, 0.1) is 10.6 Å². The Morgan fingerprint density at radius 1 is 1.53 bits per heavy atom. The maximum atomic E-state index is 11.5. The fourth-order valence-corrected chi connectivity index (χ4v) is 1.13. The molecule has 0 aliphatic heterocycles. The normalized spacial score (nSPS) is 9.67. The Labute approximate surface area is 91.6 Å². The molecule has 0 bridgehead atoms. The van der Waals surface area contributed by atoms with Gasteiger partial charge in [0.25, 0.3) is 5.91 Å². The van der Waals surface area contributed by atoms with Crippen LogP contribution in [0.3, 0.4) is 0 Å². The van der Waals surface area contributed by atoms with E-state index in [4.69, 9.17) is 17.3 Å². The quantitative estimate of drug-likeness (QED) is 0.778. The number of rotatable bonds is 4. The van der Waals surface area contributed by atoms with E-state index in [0.717, 1.165) is 0 Å². The van der Waals surface area contributed by atoms with Crippen LogP contribution in [0, 0.1) is 0 Å². The molecule has 5 nitrogen and oxygen atoms in total. The molecular weight excluding hydrogens is 218 g/mol. The van der Waals surface area contributed by atoms with Crippen molar-refractivity contribution < 1.29 is 9.59 Å². The molecule has 0 aromatic carbocycles. The third kappa shape index (κ3) is 3.55. The smallest absolute Gasteiger partial charge is 0.254 e. The van der Waals surface area contributed by atoms with E-state index in [0.29, 0.717) is 5.02 Å². The van der Waals surface area contributed by atoms with Crippen LogP contribution < -0.4 is 11.1 Å². The minimum Gasteiger partial charge on any atom is -0.370 e. The van der Waals surface area contributed by atoms with E-state index in [2.05, 4.69) is 10.3 Å². The third-order valence-corrected chi connectivity index (χ3v) is 2.00. The lowest BCUT2D eigenvalue weighted by Crippen LogP contribution is -2.28. The molecule has 0 atom stereocenters. The monoisotopic (exact) mass is 227 g/mol. The predicted octanol–water partition coefficient (Wildman–Crippen LogP) is 0.340. The molecule has 1 aromatic heterocycles. The van der Waals surface area contributed by atoms with Gasteiger partial charge < -0.3 is 11.1 Å². The summed E-state index contributed by atoms with van der Waals surface area (Å²) < 4.78 is 0. The maximum absolute atomic E-state index is 11.5. The summed E-state index contributed by atoms with van der Waals surface area (Å²) in [5.41, 5.74) is 5.20. The van der Waals surface area contributed by atoms with Gasteiger partial charge in [-0.1, -0.05) is 11.6 Å². The lowest BCUT2D eigenvalue weighted by Gasteiger charge is -2.04. The zero-order chi connectivity index (χ0) is 11.3. The molecule has 1 heterocycles. The van der Waals surface area contributed by atoms with E-state index in [9.17, 15) is 9.59 Å². The standard InChI is InChI=1S/C9H10ClN3O2/c10-7-1-3-12-5-6(7)9(15)13-4-2-8(11)14/h1,3,5H,2,4H2,(H2,11,14)(H,13,15). The molecule has 0 saturated heterocycles. The first-order valence-electron chi connectivity index (χ1n) is 4.27. The Balaban J connectivity index is 2.54. The number of hydrogen-bond donors (Lipinski definition) is 2. The van der Waals surface area contributed by atoms with Gasteiger partial charge in [0.1, 0.15) is 0 Å². The SMILES string of the molecule is NC(=O)CCNC(=O)c1cnccc1Cl. The highest BCUT2D eigenvalue weighted by Gasteiger charge is 2.09. The molecule has 0 fully saturated rings. The summed E-state index contributed by atoms with van der Waals surface area (Å²) in [6.45, 7) is 0.194. The van der Waals surface area contributed by atoms with Gasteiger partial charge in [-0.2, -0.15) is 0 Å². The van der Waals surface area contributed by atoms with Crippen molar-refractivity contribution in [1.82, 2.24) is 10.3 Å². The van der Waals surface area contributed by atoms with Crippen molar-refractivity contribution in [2.24, 2.45) is 5.73 Å². The van der Waals surface area contributed by atoms with Gasteiger partial charge in [0.2, 0.25) is 5.91 Å². The van der Waals surface area contributed by atoms with Crippen LogP contribution in [0.15, 0.2) is 18.5 Å². The molecule has 0 saturated carbocycles. The summed E-state index contributed by atoms with van der Waals surface area (Å²) in [6.07, 6.45) is 2.95. The summed E-state index contributed by atoms with van der Waals surface area (Å²) in [7, 11) is 0. The number of nitrogens with one attached hydrogen (secondary N) is 1. The van der Waals surface area contributed by atoms with Gasteiger partial charge in [-0.25, -0.2) is 0 Å². The Kier molecular flexibility index (Phi) is 4.05. The molecule has 0 aliphatic carbocycles. The first-order valence-corrected chi connectivity index (χ1v) is 4.65. The van der Waals surface area contributed by atoms with Crippen LogP contribution in [-0.4, -0.2) is 23.3 Å². The minimum atomic E-state index is -0.465. The highest BCUT2D eigenvalue weighted by Crippen LogP contribution is 2.12. The number of carbonyl (C=O) groups is 2. The van der Waals surface area contributed by atoms with Gasteiger partial charge in [-0.05, 0) is 6.07 Å². The maximum Gasteiger partial charge on any atom is 0.254 e. The second kappa shape index (κ2) is 5.31. The lowest BCUT2D eigenvalue weighted by molar-refractivity contribution is -0.117. The number of amides is 2. The Morgan fingerprint density at radius 3 is 2.87 bits per heavy atom. The van der Waals surface area contributed by atoms with Crippen molar-refractivity contribution in [3.63, 3.8) is 0 Å². The molecule has 80 valence electrons. The Morgan fingerprint density at radius 2 is 2.27 bits per heavy atom. The van der Waals surface area contributed by atoms with E-state index in [1.54, 1.807) is 0 Å². The molecule has 15 heavy (non-hydrogen) atoms. The molecule has 3 N–H and O–H groups in total. The number of nitrogens with zero attached hydrogens (tertiary/aromatic N) is 1. The summed E-state index contributed by atoms with van der Waals surface area (Å²) in [6, 6.07) is 1.52. The van der Waals surface area contributed by atoms with E-state index in [1.807, 2.05) is 0 Å². The van der Waals surface area contributed by atoms with Crippen LogP contribution in [0.2, 0.25) is 5.02 Å². The zero-order valence-electron chi connectivity index (χ0n) is 7.87. The third-order valence-electron chi connectivity index (χ3n) is 1.67. The molecule has 0 spiro atoms. The van der Waals surface area contributed by atoms with E-state index >= 15 is 0 Å². The molecule has 1 rings (SSSR count). The second-order valence-electron chi connectivity index (χ2n) is 2.83. The Hall–Kier alpha value is -1.62. The molecule has 0 aliphatic rings. The van der Waals surface area contributed by atoms with Crippen molar-refractivity contribution >= 4 is 23.4 Å². The van der Waals surface area contributed by atoms with Gasteiger partial charge in [-0.3, -0.25) is 14.6 Å². The number of halogens is 1. The fourth-order valence-electron chi connectivity index (χ4n) is 0.939. The van der Waals surface area contributed by atoms with Crippen LogP contribution in [0.25, 0.3) is 0 Å². The number of aromatic nitrogens is 1. The van der Waals surface area contributed by atoms with Crippen molar-refractivity contribution in [1.29, 1.82) is 0 Å². The predicted molar refractivity (Wildman–Crippen MR) is 55.4 cm³/mol. The van der Waals surface area contributed by atoms with Crippen LogP contribution in [0.4, 0.5) is 0 Å². The Bertz CT molecular complexity index is 381. The molecule has 1 aromatic rings. The first kappa shape index (κ1) is 11.5. The number of primary amides is 1. The lowest BCUT2D eigenvalue weighted by atomic mass is 10.2. The van der Waals surface area contributed by atoms with Crippen LogP contribution in [0.5, 0.6) is 0 Å². The van der Waals surface area contributed by atoms with Crippen molar-refractivity contribution in [3.8, 4) is 0 Å². The molecule has 0 unspecified atom stereocenters. The van der Waals surface area contributed by atoms with E-state index < -0.39 is 5.91 Å². The van der Waals surface area contributed by atoms with Crippen molar-refractivity contribution in [2.45, 2.75) is 6.42 Å². The second-order valence-corrected chi connectivity index (χ2v) is 3.23. The molecular formula is C9H10ClN3O2. The minimum absolute atomic E-state index is 0.101. The fraction of sp³-hybridized carbons (Fsp3) is 0.222. The summed E-state index contributed by atoms with van der Waals surface area (Å²) in [4.78, 5) is 25.6. The first-order chi connectivity index (χ1) is 7.11. The average molecular weight is 228 g/mol. The molecule has 2 amide bonds. The van der Waals surface area contributed by atoms with Crippen LogP contribution in [-0.2, 0) is 4.79 Å². The average Bonchev–Trinajstić information content (AvgIpc) is 2.17. The van der Waals surface area contributed by atoms with Crippen molar-refractivity contribution in [3.05, 3.63) is 29.0 Å². The summed E-state index contributed by atoms with van der Waals surface area (Å²) in [5.74, 6) is -0.832. The summed E-state index contributed by atoms with van der Waals surface area (Å²) in [5, 5.41) is 2.83. The molecule has 0 radical (unpaired) electrons. The van der Waals surface area contributed by atoms with Crippen LogP contribution >= 0.6 is 11.6 Å². The van der Waals surface area contributed by atoms with Gasteiger partial charge in [0.15, 0.2) is 0 Å². The van der Waals surface area contributed by atoms with E-state index in [1.165, 1.54) is 18.5 Å². The van der Waals surface area contributed by atoms with Gasteiger partial charge in [0, 0.05) is 25.4 Å². The van der Waals surface area contributed by atoms with Crippen LogP contribution in [0.1, 0.15) is 16.8 Å².